The van der Waals surface area contributed by atoms with Crippen molar-refractivity contribution in [3.8, 4) is 0 Å². The van der Waals surface area contributed by atoms with Gasteiger partial charge in [-0.15, -0.1) is 0 Å². The summed E-state index contributed by atoms with van der Waals surface area (Å²) in [5.74, 6) is -2.24. The molecule has 0 N–H and O–H groups in total. The second-order valence-corrected chi connectivity index (χ2v) is 24.4. The Morgan fingerprint density at radius 3 is 1.81 bits per heavy atom. The van der Waals surface area contributed by atoms with E-state index in [0.717, 1.165) is 0 Å². The van der Waals surface area contributed by atoms with Crippen molar-refractivity contribution in [2.24, 2.45) is 0 Å². The van der Waals surface area contributed by atoms with Gasteiger partial charge in [0.15, 0.2) is 5.79 Å². The molecule has 0 amide bonds. The third kappa shape index (κ3) is 7.42. The lowest BCUT2D eigenvalue weighted by molar-refractivity contribution is -0.142. The van der Waals surface area contributed by atoms with Crippen LogP contribution in [0, 0.1) is 0 Å². The molecule has 14 heteroatoms. The molecule has 0 radical (unpaired) electrons. The molecule has 1 fully saturated rings. The van der Waals surface area contributed by atoms with Crippen LogP contribution >= 0.6 is 0 Å². The lowest BCUT2D eigenvalue weighted by atomic mass is 10.5. The van der Waals surface area contributed by atoms with Gasteiger partial charge in [-0.05, 0) is 44.3 Å². The van der Waals surface area contributed by atoms with Crippen molar-refractivity contribution in [1.29, 1.82) is 0 Å². The van der Waals surface area contributed by atoms with Crippen molar-refractivity contribution in [1.82, 2.24) is 0 Å². The molecule has 5 nitrogen and oxygen atoms in total. The zero-order valence-corrected chi connectivity index (χ0v) is 22.6. The van der Waals surface area contributed by atoms with Crippen LogP contribution in [-0.4, -0.2) is 56.2 Å². The van der Waals surface area contributed by atoms with Gasteiger partial charge >= 0.3 is 40.4 Å². The fourth-order valence-corrected chi connectivity index (χ4v) is 25.6. The van der Waals surface area contributed by atoms with E-state index in [4.69, 9.17) is 20.6 Å². The molecule has 0 aromatic heterocycles. The summed E-state index contributed by atoms with van der Waals surface area (Å²) in [6.07, 6.45) is -6.22. The molecule has 0 saturated carbocycles. The van der Waals surface area contributed by atoms with E-state index in [1.54, 1.807) is 20.0 Å². The predicted octanol–water partition coefficient (Wildman–Crippen LogP) is 4.26. The topological polar surface area (TPSA) is 46.2 Å². The van der Waals surface area contributed by atoms with Crippen molar-refractivity contribution in [2.75, 3.05) is 0 Å². The Morgan fingerprint density at radius 2 is 1.37 bits per heavy atom. The maximum atomic E-state index is 15.2. The minimum atomic E-state index is -4.64. The fraction of sp³-hybridized carbons (Fsp3) is 1.00. The highest BCUT2D eigenvalue weighted by Gasteiger charge is 2.58. The molecule has 1 saturated heterocycles. The maximum Gasteiger partial charge on any atom is 0.391 e. The highest BCUT2D eigenvalue weighted by Crippen LogP contribution is 2.38. The van der Waals surface area contributed by atoms with Gasteiger partial charge in [0.25, 0.3) is 10.0 Å². The molecule has 0 aromatic carbocycles. The largest absolute Gasteiger partial charge is 0.420 e. The molecule has 0 bridgehead atoms. The first-order valence-electron chi connectivity index (χ1n) is 9.23. The third-order valence-electron chi connectivity index (χ3n) is 4.46. The highest BCUT2D eigenvalue weighted by atomic mass is 28.5. The van der Waals surface area contributed by atoms with Gasteiger partial charge in [-0.2, -0.15) is 13.2 Å². The summed E-state index contributed by atoms with van der Waals surface area (Å²) in [4.78, 5) is 0. The minimum absolute atomic E-state index is 0.0620. The molecule has 2 atom stereocenters. The monoisotopic (exact) mass is 484 g/mol. The van der Waals surface area contributed by atoms with Gasteiger partial charge in [-0.25, -0.2) is 4.39 Å². The summed E-state index contributed by atoms with van der Waals surface area (Å²) < 4.78 is 84.6. The van der Waals surface area contributed by atoms with Crippen LogP contribution in [0.5, 0.6) is 0 Å². The van der Waals surface area contributed by atoms with Crippen LogP contribution < -0.4 is 0 Å². The van der Waals surface area contributed by atoms with Crippen molar-refractivity contribution in [2.45, 2.75) is 83.5 Å². The van der Waals surface area contributed by atoms with Crippen molar-refractivity contribution < 1.29 is 38.1 Å². The van der Waals surface area contributed by atoms with E-state index in [-0.39, 0.29) is 6.04 Å². The third-order valence-corrected chi connectivity index (χ3v) is 24.7. The SMILES string of the molecule is CC[Si]1(CC)O[SiH2]O[Si](C)(C)O[Si](C)(C)O[Si](CC)(C(F)CC(F)(F)F)O1. The Kier molecular flexibility index (Phi) is 8.71. The standard InChI is InChI=1S/C13H32F4O5Si5/c1-8-26(9-2)19-23-18-24(4,5)20-25(6,7)21-27(10-3,22-26)12(14)11-13(15,16)17/h12H,8-11,23H2,1-7H3. The first kappa shape index (κ1) is 25.6. The van der Waals surface area contributed by atoms with Crippen LogP contribution in [0.3, 0.4) is 0 Å². The summed E-state index contributed by atoms with van der Waals surface area (Å²) in [5.41, 5.74) is 0. The summed E-state index contributed by atoms with van der Waals surface area (Å²) in [6.45, 7) is 12.5. The van der Waals surface area contributed by atoms with Crippen LogP contribution in [0.25, 0.3) is 0 Å². The summed E-state index contributed by atoms with van der Waals surface area (Å²) >= 11 is 0. The molecular formula is C13H32F4O5Si5. The van der Waals surface area contributed by atoms with Crippen LogP contribution in [-0.2, 0) is 20.6 Å². The summed E-state index contributed by atoms with van der Waals surface area (Å²) in [6, 6.07) is 1.07. The van der Waals surface area contributed by atoms with Crippen LogP contribution in [0.15, 0.2) is 0 Å². The number of hydrogen-bond acceptors (Lipinski definition) is 5. The van der Waals surface area contributed by atoms with Crippen molar-refractivity contribution in [3.05, 3.63) is 0 Å². The molecule has 0 aromatic rings. The average Bonchev–Trinajstić information content (AvgIpc) is 2.49. The van der Waals surface area contributed by atoms with Gasteiger partial charge in [0, 0.05) is 0 Å². The van der Waals surface area contributed by atoms with Crippen LogP contribution in [0.2, 0.25) is 44.3 Å². The molecule has 2 unspecified atom stereocenters. The minimum Gasteiger partial charge on any atom is -0.420 e. The Labute approximate surface area is 166 Å². The van der Waals surface area contributed by atoms with Crippen LogP contribution in [0.1, 0.15) is 27.2 Å². The van der Waals surface area contributed by atoms with E-state index >= 15 is 4.39 Å². The molecule has 0 aliphatic carbocycles. The molecule has 0 spiro atoms. The van der Waals surface area contributed by atoms with E-state index in [0.29, 0.717) is 12.1 Å². The molecule has 27 heavy (non-hydrogen) atoms. The lowest BCUT2D eigenvalue weighted by Gasteiger charge is -2.47. The predicted molar refractivity (Wildman–Crippen MR) is 107 cm³/mol. The van der Waals surface area contributed by atoms with E-state index < -0.39 is 62.6 Å². The average molecular weight is 485 g/mol. The highest BCUT2D eigenvalue weighted by molar-refractivity contribution is 6.91. The van der Waals surface area contributed by atoms with Crippen molar-refractivity contribution in [3.63, 3.8) is 0 Å². The molecule has 1 rings (SSSR count). The fourth-order valence-electron chi connectivity index (χ4n) is 3.15. The second kappa shape index (κ2) is 9.17. The number of hydrogen-bond donors (Lipinski definition) is 0. The van der Waals surface area contributed by atoms with E-state index in [1.807, 2.05) is 26.9 Å². The second-order valence-electron chi connectivity index (χ2n) is 7.58. The van der Waals surface area contributed by atoms with Crippen molar-refractivity contribution >= 4 is 44.3 Å². The zero-order valence-electron chi connectivity index (χ0n) is 17.2. The quantitative estimate of drug-likeness (QED) is 0.431. The van der Waals surface area contributed by atoms with Gasteiger partial charge in [-0.3, -0.25) is 0 Å². The smallest absolute Gasteiger partial charge is 0.391 e. The first-order chi connectivity index (χ1) is 12.1. The van der Waals surface area contributed by atoms with Gasteiger partial charge < -0.3 is 20.6 Å². The molecule has 1 heterocycles. The molecule has 162 valence electrons. The normalized spacial score (nSPS) is 30.8. The van der Waals surface area contributed by atoms with E-state index in [2.05, 4.69) is 0 Å². The Hall–Kier alpha value is 0.604. The van der Waals surface area contributed by atoms with E-state index in [9.17, 15) is 13.2 Å². The number of alkyl halides is 4. The lowest BCUT2D eigenvalue weighted by Crippen LogP contribution is -2.67. The molecular weight excluding hydrogens is 453 g/mol. The number of halogens is 4. The van der Waals surface area contributed by atoms with E-state index in [1.165, 1.54) is 0 Å². The molecule has 1 aliphatic heterocycles. The maximum absolute atomic E-state index is 15.2. The van der Waals surface area contributed by atoms with Gasteiger partial charge in [0.05, 0.1) is 6.42 Å². The Balaban J connectivity index is 3.41. The zero-order chi connectivity index (χ0) is 21.1. The molecule has 1 aliphatic rings. The Morgan fingerprint density at radius 1 is 0.815 bits per heavy atom. The van der Waals surface area contributed by atoms with Gasteiger partial charge in [0.2, 0.25) is 0 Å². The first-order valence-corrected chi connectivity index (χ1v) is 20.3. The summed E-state index contributed by atoms with van der Waals surface area (Å²) in [7, 11) is -13.9. The summed E-state index contributed by atoms with van der Waals surface area (Å²) in [5, 5.41) is 0. The Bertz CT molecular complexity index is 492. The van der Waals surface area contributed by atoms with Crippen LogP contribution in [0.4, 0.5) is 17.6 Å². The number of rotatable bonds is 5. The van der Waals surface area contributed by atoms with Gasteiger partial charge in [0.1, 0.15) is 0 Å². The van der Waals surface area contributed by atoms with Gasteiger partial charge in [-0.1, -0.05) is 20.8 Å².